The minimum Gasteiger partial charge on any atom is -0.444 e. The monoisotopic (exact) mass is 299 g/mol. The number of amides is 2. The first-order chi connectivity index (χ1) is 9.83. The molecule has 2 saturated heterocycles. The fourth-order valence-electron chi connectivity index (χ4n) is 2.44. The van der Waals surface area contributed by atoms with Crippen molar-refractivity contribution in [2.45, 2.75) is 51.4 Å². The van der Waals surface area contributed by atoms with Crippen LogP contribution in [-0.4, -0.2) is 61.0 Å². The lowest BCUT2D eigenvalue weighted by Crippen LogP contribution is -2.48. The van der Waals surface area contributed by atoms with Gasteiger partial charge in [0.1, 0.15) is 11.7 Å². The molecule has 0 radical (unpaired) electrons. The molecule has 7 heteroatoms. The number of hydrogen-bond acceptors (Lipinski definition) is 5. The van der Waals surface area contributed by atoms with Gasteiger partial charge in [0.05, 0.1) is 6.54 Å². The Morgan fingerprint density at radius 3 is 2.62 bits per heavy atom. The third-order valence-electron chi connectivity index (χ3n) is 3.53. The Morgan fingerprint density at radius 1 is 1.43 bits per heavy atom. The van der Waals surface area contributed by atoms with Crippen LogP contribution in [0.15, 0.2) is 0 Å². The zero-order valence-corrected chi connectivity index (χ0v) is 13.0. The second-order valence-electron chi connectivity index (χ2n) is 6.56. The van der Waals surface area contributed by atoms with Crippen molar-refractivity contribution in [1.82, 2.24) is 15.5 Å². The zero-order valence-electron chi connectivity index (χ0n) is 13.0. The molecule has 0 aromatic rings. The Bertz CT molecular complexity index is 386. The van der Waals surface area contributed by atoms with Gasteiger partial charge in [-0.05, 0) is 33.6 Å². The molecule has 2 heterocycles. The molecule has 1 unspecified atom stereocenters. The molecule has 0 spiro atoms. The van der Waals surface area contributed by atoms with Crippen LogP contribution in [0.4, 0.5) is 9.59 Å². The van der Waals surface area contributed by atoms with Gasteiger partial charge in [-0.2, -0.15) is 0 Å². The molecule has 7 nitrogen and oxygen atoms in total. The summed E-state index contributed by atoms with van der Waals surface area (Å²) in [5.74, 6) is 0. The Labute approximate surface area is 125 Å². The molecule has 120 valence electrons. The van der Waals surface area contributed by atoms with Crippen LogP contribution in [0.2, 0.25) is 0 Å². The van der Waals surface area contributed by atoms with Crippen molar-refractivity contribution in [3.8, 4) is 0 Å². The molecule has 2 rings (SSSR count). The Hall–Kier alpha value is -1.50. The number of likely N-dealkylation sites (tertiary alicyclic amines) is 1. The SMILES string of the molecule is CC(C)(C)OC(=O)N1CCC(NCC2CNC(=O)O2)CC1. The molecule has 0 aromatic carbocycles. The number of alkyl carbamates (subject to hydrolysis) is 1. The average molecular weight is 299 g/mol. The summed E-state index contributed by atoms with van der Waals surface area (Å²) in [6.45, 7) is 8.20. The molecular formula is C14H25N3O4. The normalized spacial score (nSPS) is 23.7. The van der Waals surface area contributed by atoms with Crippen molar-refractivity contribution < 1.29 is 19.1 Å². The van der Waals surface area contributed by atoms with Crippen molar-refractivity contribution in [1.29, 1.82) is 0 Å². The Morgan fingerprint density at radius 2 is 2.10 bits per heavy atom. The number of carbonyl (C=O) groups is 2. The van der Waals surface area contributed by atoms with E-state index < -0.39 is 5.60 Å². The first-order valence-corrected chi connectivity index (χ1v) is 7.49. The number of carbonyl (C=O) groups excluding carboxylic acids is 2. The van der Waals surface area contributed by atoms with Crippen molar-refractivity contribution in [3.05, 3.63) is 0 Å². The number of nitrogens with one attached hydrogen (secondary N) is 2. The van der Waals surface area contributed by atoms with Gasteiger partial charge >= 0.3 is 12.2 Å². The molecule has 0 aliphatic carbocycles. The Kier molecular flexibility index (Phi) is 4.92. The smallest absolute Gasteiger partial charge is 0.410 e. The molecule has 2 N–H and O–H groups in total. The molecule has 2 amide bonds. The van der Waals surface area contributed by atoms with Gasteiger partial charge in [0.25, 0.3) is 0 Å². The van der Waals surface area contributed by atoms with E-state index >= 15 is 0 Å². The molecule has 0 bridgehead atoms. The van der Waals surface area contributed by atoms with Crippen LogP contribution >= 0.6 is 0 Å². The van der Waals surface area contributed by atoms with Gasteiger partial charge in [-0.25, -0.2) is 9.59 Å². The maximum Gasteiger partial charge on any atom is 0.410 e. The second-order valence-corrected chi connectivity index (χ2v) is 6.56. The minimum atomic E-state index is -0.453. The number of hydrogen-bond donors (Lipinski definition) is 2. The molecule has 0 aromatic heterocycles. The van der Waals surface area contributed by atoms with Crippen LogP contribution in [0.1, 0.15) is 33.6 Å². The fourth-order valence-corrected chi connectivity index (χ4v) is 2.44. The summed E-state index contributed by atoms with van der Waals surface area (Å²) in [7, 11) is 0. The van der Waals surface area contributed by atoms with Gasteiger partial charge in [-0.3, -0.25) is 0 Å². The predicted octanol–water partition coefficient (Wildman–Crippen LogP) is 1.08. The summed E-state index contributed by atoms with van der Waals surface area (Å²) in [6.07, 6.45) is 1.08. The lowest BCUT2D eigenvalue weighted by atomic mass is 10.1. The maximum atomic E-state index is 11.9. The van der Waals surface area contributed by atoms with Crippen LogP contribution < -0.4 is 10.6 Å². The van der Waals surface area contributed by atoms with E-state index in [4.69, 9.17) is 9.47 Å². The van der Waals surface area contributed by atoms with Crippen LogP contribution in [0.3, 0.4) is 0 Å². The third-order valence-corrected chi connectivity index (χ3v) is 3.53. The van der Waals surface area contributed by atoms with Gasteiger partial charge in [-0.1, -0.05) is 0 Å². The molecule has 2 fully saturated rings. The van der Waals surface area contributed by atoms with Gasteiger partial charge in [0, 0.05) is 25.7 Å². The highest BCUT2D eigenvalue weighted by atomic mass is 16.6. The average Bonchev–Trinajstić information content (AvgIpc) is 2.81. The van der Waals surface area contributed by atoms with Crippen LogP contribution in [0.5, 0.6) is 0 Å². The van der Waals surface area contributed by atoms with Crippen LogP contribution in [0.25, 0.3) is 0 Å². The standard InChI is InChI=1S/C14H25N3O4/c1-14(2,3)21-13(19)17-6-4-10(5-7-17)15-8-11-9-16-12(18)20-11/h10-11,15H,4-9H2,1-3H3,(H,16,18). The molecule has 2 aliphatic heterocycles. The Balaban J connectivity index is 1.66. The molecule has 2 aliphatic rings. The van der Waals surface area contributed by atoms with E-state index in [9.17, 15) is 9.59 Å². The number of nitrogens with zero attached hydrogens (tertiary/aromatic N) is 1. The highest BCUT2D eigenvalue weighted by Gasteiger charge is 2.28. The van der Waals surface area contributed by atoms with Gasteiger partial charge in [-0.15, -0.1) is 0 Å². The van der Waals surface area contributed by atoms with E-state index in [0.717, 1.165) is 12.8 Å². The number of ether oxygens (including phenoxy) is 2. The number of piperidine rings is 1. The summed E-state index contributed by atoms with van der Waals surface area (Å²) in [5, 5.41) is 6.03. The lowest BCUT2D eigenvalue weighted by molar-refractivity contribution is 0.0195. The lowest BCUT2D eigenvalue weighted by Gasteiger charge is -2.34. The summed E-state index contributed by atoms with van der Waals surface area (Å²) in [4.78, 5) is 24.6. The number of cyclic esters (lactones) is 1. The van der Waals surface area contributed by atoms with E-state index in [-0.39, 0.29) is 18.3 Å². The third kappa shape index (κ3) is 5.08. The quantitative estimate of drug-likeness (QED) is 0.815. The van der Waals surface area contributed by atoms with Gasteiger partial charge in [0.2, 0.25) is 0 Å². The van der Waals surface area contributed by atoms with Crippen molar-refractivity contribution in [2.24, 2.45) is 0 Å². The van der Waals surface area contributed by atoms with E-state index in [1.165, 1.54) is 0 Å². The highest BCUT2D eigenvalue weighted by molar-refractivity contribution is 5.69. The summed E-state index contributed by atoms with van der Waals surface area (Å²) < 4.78 is 10.4. The fraction of sp³-hybridized carbons (Fsp3) is 0.857. The summed E-state index contributed by atoms with van der Waals surface area (Å²) >= 11 is 0. The molecular weight excluding hydrogens is 274 g/mol. The van der Waals surface area contributed by atoms with Gasteiger partial charge < -0.3 is 25.0 Å². The van der Waals surface area contributed by atoms with E-state index in [1.807, 2.05) is 20.8 Å². The van der Waals surface area contributed by atoms with Crippen molar-refractivity contribution in [3.63, 3.8) is 0 Å². The van der Waals surface area contributed by atoms with E-state index in [2.05, 4.69) is 10.6 Å². The number of rotatable bonds is 3. The van der Waals surface area contributed by atoms with Crippen molar-refractivity contribution >= 4 is 12.2 Å². The van der Waals surface area contributed by atoms with E-state index in [0.29, 0.717) is 32.2 Å². The first-order valence-electron chi connectivity index (χ1n) is 7.49. The summed E-state index contributed by atoms with van der Waals surface area (Å²) in [6, 6.07) is 0.350. The van der Waals surface area contributed by atoms with E-state index in [1.54, 1.807) is 4.90 Å². The molecule has 21 heavy (non-hydrogen) atoms. The molecule has 1 atom stereocenters. The first kappa shape index (κ1) is 15.9. The second kappa shape index (κ2) is 6.51. The summed E-state index contributed by atoms with van der Waals surface area (Å²) in [5.41, 5.74) is -0.453. The van der Waals surface area contributed by atoms with Crippen LogP contribution in [-0.2, 0) is 9.47 Å². The predicted molar refractivity (Wildman–Crippen MR) is 77.1 cm³/mol. The van der Waals surface area contributed by atoms with Crippen molar-refractivity contribution in [2.75, 3.05) is 26.2 Å². The minimum absolute atomic E-state index is 0.0959. The maximum absolute atomic E-state index is 11.9. The van der Waals surface area contributed by atoms with Gasteiger partial charge in [0.15, 0.2) is 0 Å². The zero-order chi connectivity index (χ0) is 15.5. The topological polar surface area (TPSA) is 79.9 Å². The highest BCUT2D eigenvalue weighted by Crippen LogP contribution is 2.15. The molecule has 0 saturated carbocycles. The van der Waals surface area contributed by atoms with Crippen LogP contribution in [0, 0.1) is 0 Å². The largest absolute Gasteiger partial charge is 0.444 e.